The largest absolute Gasteiger partial charge is 0.394 e. The van der Waals surface area contributed by atoms with Crippen LogP contribution in [-0.4, -0.2) is 28.2 Å². The fourth-order valence-electron chi connectivity index (χ4n) is 2.19. The van der Waals surface area contributed by atoms with Gasteiger partial charge in [0.2, 0.25) is 0 Å². The lowest BCUT2D eigenvalue weighted by atomic mass is 9.92. The molecule has 0 amide bonds. The number of anilines is 2. The summed E-state index contributed by atoms with van der Waals surface area (Å²) in [5.74, 6) is 1.53. The minimum absolute atomic E-state index is 0.0308. The van der Waals surface area contributed by atoms with Gasteiger partial charge in [-0.25, -0.2) is 9.97 Å². The third-order valence-corrected chi connectivity index (χ3v) is 3.55. The van der Waals surface area contributed by atoms with Crippen molar-refractivity contribution in [3.63, 3.8) is 0 Å². The van der Waals surface area contributed by atoms with Crippen molar-refractivity contribution < 1.29 is 5.11 Å². The lowest BCUT2D eigenvalue weighted by Gasteiger charge is -2.30. The maximum Gasteiger partial charge on any atom is 0.135 e. The molecule has 21 heavy (non-hydrogen) atoms. The molecule has 112 valence electrons. The van der Waals surface area contributed by atoms with Gasteiger partial charge in [-0.2, -0.15) is 0 Å². The third-order valence-electron chi connectivity index (χ3n) is 3.55. The molecule has 0 aliphatic rings. The Morgan fingerprint density at radius 3 is 2.43 bits per heavy atom. The Hall–Kier alpha value is -2.14. The average molecular weight is 286 g/mol. The van der Waals surface area contributed by atoms with E-state index >= 15 is 0 Å². The van der Waals surface area contributed by atoms with Gasteiger partial charge in [-0.15, -0.1) is 0 Å². The van der Waals surface area contributed by atoms with E-state index in [1.807, 2.05) is 51.1 Å². The van der Waals surface area contributed by atoms with E-state index < -0.39 is 5.54 Å². The molecule has 0 spiro atoms. The van der Waals surface area contributed by atoms with E-state index in [1.54, 1.807) is 0 Å². The molecule has 2 aromatic rings. The fourth-order valence-corrected chi connectivity index (χ4v) is 2.19. The van der Waals surface area contributed by atoms with Crippen LogP contribution in [0.25, 0.3) is 0 Å². The van der Waals surface area contributed by atoms with Crippen LogP contribution in [0.3, 0.4) is 0 Å². The number of hydrogen-bond acceptors (Lipinski definition) is 5. The Kier molecular flexibility index (Phi) is 4.75. The highest BCUT2D eigenvalue weighted by atomic mass is 16.3. The summed E-state index contributed by atoms with van der Waals surface area (Å²) in [5, 5.41) is 16.4. The highest BCUT2D eigenvalue weighted by molar-refractivity contribution is 5.58. The molecule has 5 heteroatoms. The number of aliphatic hydroxyl groups is 1. The lowest BCUT2D eigenvalue weighted by Crippen LogP contribution is -2.36. The molecule has 3 N–H and O–H groups in total. The van der Waals surface area contributed by atoms with Crippen LogP contribution >= 0.6 is 0 Å². The van der Waals surface area contributed by atoms with E-state index in [0.29, 0.717) is 0 Å². The maximum atomic E-state index is 9.84. The molecule has 1 heterocycles. The number of nitrogens with zero attached hydrogens (tertiary/aromatic N) is 2. The van der Waals surface area contributed by atoms with Gasteiger partial charge < -0.3 is 15.7 Å². The molecule has 0 bridgehead atoms. The summed E-state index contributed by atoms with van der Waals surface area (Å²) in [4.78, 5) is 8.54. The third kappa shape index (κ3) is 3.31. The van der Waals surface area contributed by atoms with Gasteiger partial charge in [0, 0.05) is 12.1 Å². The summed E-state index contributed by atoms with van der Waals surface area (Å²) in [7, 11) is 0. The van der Waals surface area contributed by atoms with E-state index in [2.05, 4.69) is 20.6 Å². The Morgan fingerprint density at radius 2 is 1.81 bits per heavy atom. The summed E-state index contributed by atoms with van der Waals surface area (Å²) in [6, 6.07) is 9.86. The van der Waals surface area contributed by atoms with Crippen LogP contribution in [0.4, 0.5) is 11.6 Å². The number of rotatable bonds is 6. The van der Waals surface area contributed by atoms with Crippen LogP contribution in [-0.2, 0) is 5.54 Å². The molecule has 0 fully saturated rings. The first-order valence-electron chi connectivity index (χ1n) is 7.10. The topological polar surface area (TPSA) is 70.1 Å². The van der Waals surface area contributed by atoms with E-state index in [0.717, 1.165) is 29.3 Å². The van der Waals surface area contributed by atoms with Gasteiger partial charge in [0.15, 0.2) is 0 Å². The molecule has 0 radical (unpaired) electrons. The van der Waals surface area contributed by atoms with Crippen molar-refractivity contribution in [2.45, 2.75) is 26.3 Å². The van der Waals surface area contributed by atoms with Crippen LogP contribution < -0.4 is 10.6 Å². The predicted molar refractivity (Wildman–Crippen MR) is 85.4 cm³/mol. The quantitative estimate of drug-likeness (QED) is 0.761. The standard InChI is InChI=1S/C16H22N4O/c1-4-17-14-12(2)15(19-11-18-14)20-16(3,10-21)13-8-6-5-7-9-13/h5-9,11,21H,4,10H2,1-3H3,(H2,17,18,19,20). The van der Waals surface area contributed by atoms with Crippen molar-refractivity contribution in [2.75, 3.05) is 23.8 Å². The zero-order valence-electron chi connectivity index (χ0n) is 12.7. The Morgan fingerprint density at radius 1 is 1.14 bits per heavy atom. The molecule has 0 saturated heterocycles. The molecule has 1 aromatic carbocycles. The number of aromatic nitrogens is 2. The van der Waals surface area contributed by atoms with Crippen molar-refractivity contribution in [3.05, 3.63) is 47.8 Å². The van der Waals surface area contributed by atoms with Crippen LogP contribution in [0.2, 0.25) is 0 Å². The van der Waals surface area contributed by atoms with Gasteiger partial charge >= 0.3 is 0 Å². The summed E-state index contributed by atoms with van der Waals surface area (Å²) < 4.78 is 0. The minimum Gasteiger partial charge on any atom is -0.394 e. The molecule has 0 saturated carbocycles. The number of hydrogen-bond donors (Lipinski definition) is 3. The molecule has 1 atom stereocenters. The van der Waals surface area contributed by atoms with E-state index in [-0.39, 0.29) is 6.61 Å². The normalized spacial score (nSPS) is 13.5. The molecule has 1 unspecified atom stereocenters. The van der Waals surface area contributed by atoms with E-state index in [4.69, 9.17) is 0 Å². The average Bonchev–Trinajstić information content (AvgIpc) is 2.52. The zero-order chi connectivity index (χ0) is 15.3. The summed E-state index contributed by atoms with van der Waals surface area (Å²) >= 11 is 0. The van der Waals surface area contributed by atoms with Gasteiger partial charge in [0.25, 0.3) is 0 Å². The predicted octanol–water partition coefficient (Wildman–Crippen LogP) is 2.54. The second-order valence-corrected chi connectivity index (χ2v) is 5.21. The molecule has 0 aliphatic carbocycles. The fraction of sp³-hybridized carbons (Fsp3) is 0.375. The summed E-state index contributed by atoms with van der Waals surface area (Å²) in [5.41, 5.74) is 1.36. The van der Waals surface area contributed by atoms with Crippen molar-refractivity contribution in [1.82, 2.24) is 9.97 Å². The van der Waals surface area contributed by atoms with Crippen LogP contribution in [0, 0.1) is 6.92 Å². The second-order valence-electron chi connectivity index (χ2n) is 5.21. The maximum absolute atomic E-state index is 9.84. The first-order valence-corrected chi connectivity index (χ1v) is 7.10. The monoisotopic (exact) mass is 286 g/mol. The van der Waals surface area contributed by atoms with Gasteiger partial charge in [-0.3, -0.25) is 0 Å². The molecular weight excluding hydrogens is 264 g/mol. The molecule has 0 aliphatic heterocycles. The number of aliphatic hydroxyl groups excluding tert-OH is 1. The van der Waals surface area contributed by atoms with Crippen molar-refractivity contribution in [1.29, 1.82) is 0 Å². The second kappa shape index (κ2) is 6.54. The molecular formula is C16H22N4O. The lowest BCUT2D eigenvalue weighted by molar-refractivity contribution is 0.223. The van der Waals surface area contributed by atoms with E-state index in [9.17, 15) is 5.11 Å². The summed E-state index contributed by atoms with van der Waals surface area (Å²) in [6.45, 7) is 6.71. The first-order chi connectivity index (χ1) is 10.1. The zero-order valence-corrected chi connectivity index (χ0v) is 12.7. The van der Waals surface area contributed by atoms with E-state index in [1.165, 1.54) is 6.33 Å². The number of benzene rings is 1. The Labute approximate surface area is 125 Å². The van der Waals surface area contributed by atoms with Gasteiger partial charge in [-0.05, 0) is 26.3 Å². The smallest absolute Gasteiger partial charge is 0.135 e. The Balaban J connectivity index is 2.33. The van der Waals surface area contributed by atoms with Gasteiger partial charge in [0.1, 0.15) is 18.0 Å². The van der Waals surface area contributed by atoms with Crippen LogP contribution in [0.1, 0.15) is 25.0 Å². The molecule has 1 aromatic heterocycles. The Bertz CT molecular complexity index is 588. The molecule has 2 rings (SSSR count). The SMILES string of the molecule is CCNc1ncnc(NC(C)(CO)c2ccccc2)c1C. The van der Waals surface area contributed by atoms with Crippen LogP contribution in [0.5, 0.6) is 0 Å². The van der Waals surface area contributed by atoms with Crippen molar-refractivity contribution >= 4 is 11.6 Å². The van der Waals surface area contributed by atoms with Crippen molar-refractivity contribution in [3.8, 4) is 0 Å². The molecule has 5 nitrogen and oxygen atoms in total. The van der Waals surface area contributed by atoms with Gasteiger partial charge in [0.05, 0.1) is 12.1 Å². The van der Waals surface area contributed by atoms with Crippen molar-refractivity contribution in [2.24, 2.45) is 0 Å². The summed E-state index contributed by atoms with van der Waals surface area (Å²) in [6.07, 6.45) is 1.52. The minimum atomic E-state index is -0.593. The first kappa shape index (κ1) is 15.3. The van der Waals surface area contributed by atoms with Gasteiger partial charge in [-0.1, -0.05) is 30.3 Å². The highest BCUT2D eigenvalue weighted by Crippen LogP contribution is 2.27. The highest BCUT2D eigenvalue weighted by Gasteiger charge is 2.26. The van der Waals surface area contributed by atoms with Crippen LogP contribution in [0.15, 0.2) is 36.7 Å². The number of nitrogens with one attached hydrogen (secondary N) is 2.